The van der Waals surface area contributed by atoms with Gasteiger partial charge in [0, 0.05) is 46.3 Å². The number of piperazine rings is 1. The van der Waals surface area contributed by atoms with Gasteiger partial charge in [-0.1, -0.05) is 22.9 Å². The fourth-order valence-electron chi connectivity index (χ4n) is 3.23. The minimum atomic E-state index is 0.0265. The maximum atomic E-state index is 6.20. The Hall–Kier alpha value is -1.19. The van der Waals surface area contributed by atoms with E-state index in [1.807, 2.05) is 6.07 Å². The molecule has 9 heteroatoms. The van der Waals surface area contributed by atoms with Crippen LogP contribution in [-0.4, -0.2) is 80.6 Å². The van der Waals surface area contributed by atoms with E-state index in [1.165, 1.54) is 0 Å². The average Bonchev–Trinajstić information content (AvgIpc) is 3.30. The van der Waals surface area contributed by atoms with Gasteiger partial charge in [-0.15, -0.1) is 0 Å². The van der Waals surface area contributed by atoms with Crippen molar-refractivity contribution in [2.45, 2.75) is 12.5 Å². The smallest absolute Gasteiger partial charge is 0.243 e. The van der Waals surface area contributed by atoms with Crippen molar-refractivity contribution in [1.82, 2.24) is 14.9 Å². The van der Waals surface area contributed by atoms with E-state index in [0.717, 1.165) is 67.7 Å². The number of methoxy groups -OCH3 is 1. The van der Waals surface area contributed by atoms with E-state index in [9.17, 15) is 0 Å². The summed E-state index contributed by atoms with van der Waals surface area (Å²) in [7, 11) is 1.74. The third-order valence-electron chi connectivity index (χ3n) is 4.72. The third kappa shape index (κ3) is 4.04. The van der Waals surface area contributed by atoms with Gasteiger partial charge in [-0.2, -0.15) is 4.98 Å². The first-order chi connectivity index (χ1) is 12.7. The highest BCUT2D eigenvalue weighted by Gasteiger charge is 2.24. The molecular weight excluding hydrogens is 376 g/mol. The Bertz CT molecular complexity index is 745. The van der Waals surface area contributed by atoms with Gasteiger partial charge in [-0.25, -0.2) is 4.98 Å². The Morgan fingerprint density at radius 2 is 2.15 bits per heavy atom. The molecule has 142 valence electrons. The second-order valence-corrected chi connectivity index (χ2v) is 7.91. The summed E-state index contributed by atoms with van der Waals surface area (Å²) >= 11 is 7.84. The molecule has 0 unspecified atom stereocenters. The molecule has 1 atom stereocenters. The number of rotatable bonds is 6. The normalized spacial score (nSPS) is 21.6. The minimum absolute atomic E-state index is 0.0265. The molecule has 0 amide bonds. The maximum absolute atomic E-state index is 6.20. The summed E-state index contributed by atoms with van der Waals surface area (Å²) in [6.45, 7) is 7.01. The molecule has 7 nitrogen and oxygen atoms in total. The molecule has 2 aliphatic rings. The van der Waals surface area contributed by atoms with Crippen LogP contribution < -0.4 is 9.64 Å². The lowest BCUT2D eigenvalue weighted by Gasteiger charge is -2.34. The summed E-state index contributed by atoms with van der Waals surface area (Å²) in [5, 5.41) is 1.44. The second kappa shape index (κ2) is 8.22. The van der Waals surface area contributed by atoms with Crippen LogP contribution in [0.4, 0.5) is 5.13 Å². The van der Waals surface area contributed by atoms with Gasteiger partial charge < -0.3 is 19.1 Å². The maximum Gasteiger partial charge on any atom is 0.243 e. The van der Waals surface area contributed by atoms with Crippen LogP contribution in [0.25, 0.3) is 10.2 Å². The number of nitrogens with zero attached hydrogens (tertiary/aromatic N) is 4. The van der Waals surface area contributed by atoms with E-state index in [-0.39, 0.29) is 6.10 Å². The van der Waals surface area contributed by atoms with Crippen LogP contribution >= 0.6 is 22.9 Å². The van der Waals surface area contributed by atoms with Gasteiger partial charge in [0.1, 0.15) is 16.8 Å². The van der Waals surface area contributed by atoms with E-state index in [0.29, 0.717) is 17.6 Å². The highest BCUT2D eigenvalue weighted by atomic mass is 35.5. The molecule has 26 heavy (non-hydrogen) atoms. The zero-order valence-electron chi connectivity index (χ0n) is 14.8. The molecule has 0 spiro atoms. The molecule has 2 aliphatic heterocycles. The van der Waals surface area contributed by atoms with E-state index < -0.39 is 0 Å². The quantitative estimate of drug-likeness (QED) is 0.692. The van der Waals surface area contributed by atoms with Crippen molar-refractivity contribution in [3.8, 4) is 5.88 Å². The zero-order valence-corrected chi connectivity index (χ0v) is 16.4. The van der Waals surface area contributed by atoms with Crippen LogP contribution in [0.1, 0.15) is 6.42 Å². The SMILES string of the molecule is COCCN1CCN(c2nc3c(O[C@H]4CCOC4)nc(Cl)cc3s2)CC1. The van der Waals surface area contributed by atoms with Gasteiger partial charge in [0.15, 0.2) is 5.13 Å². The van der Waals surface area contributed by atoms with Gasteiger partial charge in [0.25, 0.3) is 0 Å². The average molecular weight is 399 g/mol. The summed E-state index contributed by atoms with van der Waals surface area (Å²) < 4.78 is 17.6. The van der Waals surface area contributed by atoms with Gasteiger partial charge in [-0.05, 0) is 6.07 Å². The van der Waals surface area contributed by atoms with Gasteiger partial charge in [0.2, 0.25) is 5.88 Å². The van der Waals surface area contributed by atoms with Crippen molar-refractivity contribution in [3.63, 3.8) is 0 Å². The fraction of sp³-hybridized carbons (Fsp3) is 0.647. The number of fused-ring (bicyclic) bond motifs is 1. The lowest BCUT2D eigenvalue weighted by molar-refractivity contribution is 0.139. The van der Waals surface area contributed by atoms with Crippen LogP contribution in [0.2, 0.25) is 5.15 Å². The van der Waals surface area contributed by atoms with Gasteiger partial charge in [-0.3, -0.25) is 4.90 Å². The van der Waals surface area contributed by atoms with Crippen LogP contribution in [-0.2, 0) is 9.47 Å². The Morgan fingerprint density at radius 1 is 1.31 bits per heavy atom. The summed E-state index contributed by atoms with van der Waals surface area (Å²) in [6.07, 6.45) is 0.898. The Kier molecular flexibility index (Phi) is 5.75. The third-order valence-corrected chi connectivity index (χ3v) is 5.98. The molecular formula is C17H23ClN4O3S. The summed E-state index contributed by atoms with van der Waals surface area (Å²) in [6, 6.07) is 1.87. The first-order valence-electron chi connectivity index (χ1n) is 8.90. The lowest BCUT2D eigenvalue weighted by atomic mass is 10.3. The number of hydrogen-bond donors (Lipinski definition) is 0. The fourth-order valence-corrected chi connectivity index (χ4v) is 4.52. The largest absolute Gasteiger partial charge is 0.470 e. The first kappa shape index (κ1) is 18.2. The Balaban J connectivity index is 1.50. The Labute approximate surface area is 161 Å². The molecule has 0 bridgehead atoms. The van der Waals surface area contributed by atoms with Crippen molar-refractivity contribution in [1.29, 1.82) is 0 Å². The minimum Gasteiger partial charge on any atom is -0.470 e. The van der Waals surface area contributed by atoms with Crippen LogP contribution in [0, 0.1) is 0 Å². The zero-order chi connectivity index (χ0) is 17.9. The molecule has 4 rings (SSSR count). The molecule has 0 aromatic carbocycles. The van der Waals surface area contributed by atoms with Crippen molar-refractivity contribution in [2.75, 3.05) is 64.6 Å². The molecule has 2 aromatic heterocycles. The molecule has 4 heterocycles. The second-order valence-electron chi connectivity index (χ2n) is 6.52. The topological polar surface area (TPSA) is 60.0 Å². The molecule has 2 aromatic rings. The molecule has 0 aliphatic carbocycles. The highest BCUT2D eigenvalue weighted by Crippen LogP contribution is 2.36. The van der Waals surface area contributed by atoms with Crippen molar-refractivity contribution >= 4 is 38.3 Å². The van der Waals surface area contributed by atoms with Crippen LogP contribution in [0.15, 0.2) is 6.07 Å². The number of pyridine rings is 1. The monoisotopic (exact) mass is 398 g/mol. The van der Waals surface area contributed by atoms with E-state index in [1.54, 1.807) is 18.4 Å². The van der Waals surface area contributed by atoms with Crippen molar-refractivity contribution in [3.05, 3.63) is 11.2 Å². The molecule has 0 radical (unpaired) electrons. The predicted molar refractivity (Wildman–Crippen MR) is 103 cm³/mol. The van der Waals surface area contributed by atoms with Crippen LogP contribution in [0.3, 0.4) is 0 Å². The number of halogens is 1. The van der Waals surface area contributed by atoms with Crippen molar-refractivity contribution in [2.24, 2.45) is 0 Å². The van der Waals surface area contributed by atoms with Gasteiger partial charge in [0.05, 0.1) is 24.5 Å². The van der Waals surface area contributed by atoms with Gasteiger partial charge >= 0.3 is 0 Å². The number of aromatic nitrogens is 2. The molecule has 0 N–H and O–H groups in total. The summed E-state index contributed by atoms with van der Waals surface area (Å²) in [5.74, 6) is 0.518. The highest BCUT2D eigenvalue weighted by molar-refractivity contribution is 7.22. The first-order valence-corrected chi connectivity index (χ1v) is 10.1. The number of hydrogen-bond acceptors (Lipinski definition) is 8. The molecule has 2 saturated heterocycles. The van der Waals surface area contributed by atoms with Crippen molar-refractivity contribution < 1.29 is 14.2 Å². The standard InChI is InChI=1S/C17H23ClN4O3S/c1-23-9-7-21-3-5-22(6-4-21)17-20-15-13(26-17)10-14(18)19-16(15)25-12-2-8-24-11-12/h10,12H,2-9,11H2,1H3/t12-/m0/s1. The molecule has 0 saturated carbocycles. The molecule has 2 fully saturated rings. The van der Waals surface area contributed by atoms with Crippen LogP contribution in [0.5, 0.6) is 5.88 Å². The lowest BCUT2D eigenvalue weighted by Crippen LogP contribution is -2.47. The van der Waals surface area contributed by atoms with E-state index in [2.05, 4.69) is 14.8 Å². The summed E-state index contributed by atoms with van der Waals surface area (Å²) in [4.78, 5) is 13.9. The number of thiazole rings is 1. The Morgan fingerprint density at radius 3 is 2.88 bits per heavy atom. The summed E-state index contributed by atoms with van der Waals surface area (Å²) in [5.41, 5.74) is 0.795. The van der Waals surface area contributed by atoms with E-state index >= 15 is 0 Å². The number of anilines is 1. The predicted octanol–water partition coefficient (Wildman–Crippen LogP) is 2.28. The number of ether oxygens (including phenoxy) is 3. The van der Waals surface area contributed by atoms with E-state index in [4.69, 9.17) is 30.8 Å².